The molecular formula is C19H17F3N4O3S. The van der Waals surface area contributed by atoms with Gasteiger partial charge >= 0.3 is 6.18 Å². The highest BCUT2D eigenvalue weighted by atomic mass is 32.2. The van der Waals surface area contributed by atoms with Gasteiger partial charge in [-0.2, -0.15) is 18.4 Å². The first-order chi connectivity index (χ1) is 14.0. The third-order valence-electron chi connectivity index (χ3n) is 4.66. The predicted molar refractivity (Wildman–Crippen MR) is 102 cm³/mol. The highest BCUT2D eigenvalue weighted by Crippen LogP contribution is 2.30. The number of aromatic nitrogens is 1. The topological polar surface area (TPSA) is 94.4 Å². The van der Waals surface area contributed by atoms with Gasteiger partial charge in [-0.05, 0) is 30.3 Å². The fraction of sp³-hybridized carbons (Fsp3) is 0.316. The van der Waals surface area contributed by atoms with E-state index in [-0.39, 0.29) is 53.9 Å². The van der Waals surface area contributed by atoms with Gasteiger partial charge in [-0.25, -0.2) is 13.4 Å². The van der Waals surface area contributed by atoms with Crippen molar-refractivity contribution in [3.63, 3.8) is 0 Å². The molecule has 7 nitrogen and oxygen atoms in total. The van der Waals surface area contributed by atoms with Gasteiger partial charge in [-0.15, -0.1) is 0 Å². The molecule has 3 rings (SSSR count). The molecule has 1 aromatic heterocycles. The number of nitriles is 1. The Kier molecular flexibility index (Phi) is 5.72. The summed E-state index contributed by atoms with van der Waals surface area (Å²) in [7, 11) is -3.47. The smallest absolute Gasteiger partial charge is 0.352 e. The molecule has 11 heteroatoms. The molecule has 0 spiro atoms. The molecule has 1 amide bonds. The van der Waals surface area contributed by atoms with Crippen molar-refractivity contribution in [3.05, 3.63) is 53.2 Å². The van der Waals surface area contributed by atoms with E-state index in [2.05, 4.69) is 4.98 Å². The molecule has 1 aliphatic rings. The number of anilines is 1. The van der Waals surface area contributed by atoms with Crippen LogP contribution >= 0.6 is 0 Å². The first-order valence-electron chi connectivity index (χ1n) is 8.83. The van der Waals surface area contributed by atoms with Gasteiger partial charge in [0.15, 0.2) is 9.84 Å². The molecular weight excluding hydrogens is 421 g/mol. The van der Waals surface area contributed by atoms with Gasteiger partial charge in [-0.3, -0.25) is 4.79 Å². The van der Waals surface area contributed by atoms with Crippen molar-refractivity contribution in [2.24, 2.45) is 0 Å². The van der Waals surface area contributed by atoms with Crippen LogP contribution in [-0.2, 0) is 16.0 Å². The number of carbonyl (C=O) groups excluding carboxylic acids is 1. The van der Waals surface area contributed by atoms with Gasteiger partial charge in [0.25, 0.3) is 5.91 Å². The third-order valence-corrected chi connectivity index (χ3v) is 5.77. The van der Waals surface area contributed by atoms with Crippen molar-refractivity contribution in [2.75, 3.05) is 37.3 Å². The van der Waals surface area contributed by atoms with Crippen LogP contribution in [0.1, 0.15) is 21.6 Å². The molecule has 158 valence electrons. The Morgan fingerprint density at radius 1 is 1.13 bits per heavy atom. The molecule has 0 N–H and O–H groups in total. The molecule has 1 fully saturated rings. The lowest BCUT2D eigenvalue weighted by Crippen LogP contribution is -2.49. The Bertz CT molecular complexity index is 1120. The number of rotatable bonds is 3. The summed E-state index contributed by atoms with van der Waals surface area (Å²) < 4.78 is 62.3. The zero-order valence-corrected chi connectivity index (χ0v) is 16.7. The number of halogens is 3. The quantitative estimate of drug-likeness (QED) is 0.730. The Balaban J connectivity index is 1.77. The molecule has 1 aromatic carbocycles. The number of benzene rings is 1. The molecule has 0 unspecified atom stereocenters. The van der Waals surface area contributed by atoms with Gasteiger partial charge < -0.3 is 9.80 Å². The maximum atomic E-state index is 13.0. The summed E-state index contributed by atoms with van der Waals surface area (Å²) in [6.07, 6.45) is -3.59. The number of nitrogens with zero attached hydrogens (tertiary/aromatic N) is 4. The average Bonchev–Trinajstić information content (AvgIpc) is 2.71. The summed E-state index contributed by atoms with van der Waals surface area (Å²) in [6.45, 7) is 0.733. The number of amides is 1. The van der Waals surface area contributed by atoms with Crippen LogP contribution in [0.25, 0.3) is 0 Å². The van der Waals surface area contributed by atoms with E-state index in [0.29, 0.717) is 0 Å². The van der Waals surface area contributed by atoms with Gasteiger partial charge in [0.1, 0.15) is 17.6 Å². The van der Waals surface area contributed by atoms with Crippen LogP contribution < -0.4 is 4.90 Å². The Morgan fingerprint density at radius 3 is 2.37 bits per heavy atom. The van der Waals surface area contributed by atoms with Crippen LogP contribution in [0.15, 0.2) is 41.3 Å². The zero-order valence-electron chi connectivity index (χ0n) is 15.8. The van der Waals surface area contributed by atoms with Gasteiger partial charge in [0.2, 0.25) is 0 Å². The summed E-state index contributed by atoms with van der Waals surface area (Å²) in [6, 6.07) is 9.36. The lowest BCUT2D eigenvalue weighted by molar-refractivity contribution is -0.141. The number of alkyl halides is 3. The van der Waals surface area contributed by atoms with Crippen molar-refractivity contribution in [1.29, 1.82) is 5.26 Å². The molecule has 1 aliphatic heterocycles. The molecule has 0 bridgehead atoms. The van der Waals surface area contributed by atoms with Crippen molar-refractivity contribution < 1.29 is 26.4 Å². The summed E-state index contributed by atoms with van der Waals surface area (Å²) in [5.41, 5.74) is -0.863. The van der Waals surface area contributed by atoms with Gasteiger partial charge in [-0.1, -0.05) is 6.07 Å². The fourth-order valence-electron chi connectivity index (χ4n) is 3.10. The average molecular weight is 438 g/mol. The third kappa shape index (κ3) is 4.54. The van der Waals surface area contributed by atoms with Crippen molar-refractivity contribution >= 4 is 21.6 Å². The largest absolute Gasteiger partial charge is 0.433 e. The molecule has 0 radical (unpaired) electrons. The summed E-state index contributed by atoms with van der Waals surface area (Å²) in [5, 5.41) is 9.21. The summed E-state index contributed by atoms with van der Waals surface area (Å²) in [4.78, 5) is 19.4. The first-order valence-corrected chi connectivity index (χ1v) is 10.7. The monoisotopic (exact) mass is 438 g/mol. The normalized spacial score (nSPS) is 15.0. The molecule has 0 saturated carbocycles. The number of pyridine rings is 1. The Morgan fingerprint density at radius 2 is 1.80 bits per heavy atom. The molecule has 2 heterocycles. The van der Waals surface area contributed by atoms with E-state index in [1.807, 2.05) is 6.07 Å². The fourth-order valence-corrected chi connectivity index (χ4v) is 3.77. The van der Waals surface area contributed by atoms with Crippen molar-refractivity contribution in [3.8, 4) is 6.07 Å². The molecule has 2 aromatic rings. The second kappa shape index (κ2) is 7.95. The van der Waals surface area contributed by atoms with E-state index < -0.39 is 21.7 Å². The zero-order chi connectivity index (χ0) is 22.1. The molecule has 30 heavy (non-hydrogen) atoms. The Hall–Kier alpha value is -3.13. The number of piperazine rings is 1. The van der Waals surface area contributed by atoms with E-state index in [4.69, 9.17) is 0 Å². The minimum atomic E-state index is -4.63. The van der Waals surface area contributed by atoms with Crippen LogP contribution in [0, 0.1) is 11.3 Å². The number of hydrogen-bond acceptors (Lipinski definition) is 6. The maximum absolute atomic E-state index is 13.0. The number of carbonyl (C=O) groups is 1. The van der Waals surface area contributed by atoms with E-state index in [1.165, 1.54) is 34.1 Å². The first kappa shape index (κ1) is 21.6. The van der Waals surface area contributed by atoms with Crippen molar-refractivity contribution in [1.82, 2.24) is 9.88 Å². The lowest BCUT2D eigenvalue weighted by Gasteiger charge is -2.36. The second-order valence-corrected chi connectivity index (χ2v) is 8.77. The van der Waals surface area contributed by atoms with E-state index in [1.54, 1.807) is 0 Å². The van der Waals surface area contributed by atoms with Crippen LogP contribution in [-0.4, -0.2) is 56.6 Å². The van der Waals surface area contributed by atoms with Crippen LogP contribution in [0.4, 0.5) is 19.0 Å². The Labute approximate surface area is 171 Å². The number of hydrogen-bond donors (Lipinski definition) is 0. The van der Waals surface area contributed by atoms with Crippen LogP contribution in [0.5, 0.6) is 0 Å². The van der Waals surface area contributed by atoms with Gasteiger partial charge in [0.05, 0.1) is 10.5 Å². The molecule has 0 atom stereocenters. The summed E-state index contributed by atoms with van der Waals surface area (Å²) >= 11 is 0. The second-order valence-electron chi connectivity index (χ2n) is 6.76. The van der Waals surface area contributed by atoms with Crippen LogP contribution in [0.2, 0.25) is 0 Å². The SMILES string of the molecule is CS(=O)(=O)c1cccc(C(=O)N2CCN(c3nc(C(F)(F)F)ccc3C#N)CC2)c1. The van der Waals surface area contributed by atoms with E-state index >= 15 is 0 Å². The molecule has 1 saturated heterocycles. The number of sulfone groups is 1. The predicted octanol–water partition coefficient (Wildman–Crippen LogP) is 2.34. The highest BCUT2D eigenvalue weighted by Gasteiger charge is 2.34. The minimum absolute atomic E-state index is 0.0173. The van der Waals surface area contributed by atoms with E-state index in [9.17, 15) is 31.6 Å². The van der Waals surface area contributed by atoms with E-state index in [0.717, 1.165) is 18.4 Å². The summed E-state index contributed by atoms with van der Waals surface area (Å²) in [5.74, 6) is -0.448. The molecule has 0 aliphatic carbocycles. The van der Waals surface area contributed by atoms with Crippen molar-refractivity contribution in [2.45, 2.75) is 11.1 Å². The van der Waals surface area contributed by atoms with Crippen LogP contribution in [0.3, 0.4) is 0 Å². The highest BCUT2D eigenvalue weighted by molar-refractivity contribution is 7.90. The lowest BCUT2D eigenvalue weighted by atomic mass is 10.1. The maximum Gasteiger partial charge on any atom is 0.433 e. The minimum Gasteiger partial charge on any atom is -0.352 e. The van der Waals surface area contributed by atoms with Gasteiger partial charge in [0, 0.05) is 38.0 Å². The standard InChI is InChI=1S/C19H17F3N4O3S/c1-30(28,29)15-4-2-3-13(11-15)18(27)26-9-7-25(8-10-26)17-14(12-23)5-6-16(24-17)19(20,21)22/h2-6,11H,7-10H2,1H3.